The van der Waals surface area contributed by atoms with E-state index in [0.717, 1.165) is 5.52 Å². The largest absolute Gasteiger partial charge is 0.497 e. The number of methoxy groups -OCH3 is 2. The molecule has 0 unspecified atom stereocenters. The molecule has 0 amide bonds. The lowest BCUT2D eigenvalue weighted by Gasteiger charge is -2.06. The van der Waals surface area contributed by atoms with Crippen LogP contribution in [0.3, 0.4) is 0 Å². The third-order valence-corrected chi connectivity index (χ3v) is 3.33. The lowest BCUT2D eigenvalue weighted by atomic mass is 10.1. The number of halogens is 1. The first-order valence-electron chi connectivity index (χ1n) is 5.68. The van der Waals surface area contributed by atoms with E-state index in [1.807, 2.05) is 0 Å². The number of hydrogen-bond acceptors (Lipinski definition) is 3. The zero-order valence-electron chi connectivity index (χ0n) is 10.6. The van der Waals surface area contributed by atoms with E-state index < -0.39 is 5.97 Å². The van der Waals surface area contributed by atoms with Gasteiger partial charge in [0.15, 0.2) is 0 Å². The quantitative estimate of drug-likeness (QED) is 0.916. The van der Waals surface area contributed by atoms with Crippen molar-refractivity contribution in [3.8, 4) is 5.75 Å². The molecule has 0 aliphatic carbocycles. The zero-order valence-corrected chi connectivity index (χ0v) is 11.4. The second-order valence-electron chi connectivity index (χ2n) is 4.00. The van der Waals surface area contributed by atoms with E-state index in [1.165, 1.54) is 7.11 Å². The number of fused-ring (bicyclic) bond motifs is 1. The van der Waals surface area contributed by atoms with Crippen molar-refractivity contribution in [2.75, 3.05) is 20.8 Å². The van der Waals surface area contributed by atoms with Gasteiger partial charge in [0.2, 0.25) is 0 Å². The summed E-state index contributed by atoms with van der Waals surface area (Å²) in [6.07, 6.45) is 0. The average Bonchev–Trinajstić information content (AvgIpc) is 2.67. The van der Waals surface area contributed by atoms with Crippen molar-refractivity contribution >= 4 is 28.5 Å². The van der Waals surface area contributed by atoms with Gasteiger partial charge in [-0.1, -0.05) is 11.6 Å². The van der Waals surface area contributed by atoms with Crippen LogP contribution < -0.4 is 4.74 Å². The molecule has 0 aliphatic rings. The molecule has 0 atom stereocenters. The first-order valence-corrected chi connectivity index (χ1v) is 6.06. The lowest BCUT2D eigenvalue weighted by molar-refractivity contribution is 0.0699. The molecule has 1 heterocycles. The van der Waals surface area contributed by atoms with Crippen molar-refractivity contribution in [3.63, 3.8) is 0 Å². The minimum atomic E-state index is -1.06. The highest BCUT2D eigenvalue weighted by Gasteiger charge is 2.21. The van der Waals surface area contributed by atoms with Gasteiger partial charge < -0.3 is 19.1 Å². The van der Waals surface area contributed by atoms with E-state index in [4.69, 9.17) is 21.1 Å². The summed E-state index contributed by atoms with van der Waals surface area (Å²) in [6, 6.07) is 5.24. The number of carbonyl (C=O) groups is 1. The molecular formula is C13H14ClNO4. The highest BCUT2D eigenvalue weighted by Crippen LogP contribution is 2.32. The van der Waals surface area contributed by atoms with Crippen molar-refractivity contribution in [2.24, 2.45) is 0 Å². The monoisotopic (exact) mass is 283 g/mol. The van der Waals surface area contributed by atoms with Gasteiger partial charge >= 0.3 is 5.97 Å². The second-order valence-corrected chi connectivity index (χ2v) is 4.36. The number of carboxylic acids is 1. The normalized spacial score (nSPS) is 10.9. The summed E-state index contributed by atoms with van der Waals surface area (Å²) in [7, 11) is 3.12. The fraction of sp³-hybridized carbons (Fsp3) is 0.308. The van der Waals surface area contributed by atoms with Gasteiger partial charge in [-0.3, -0.25) is 0 Å². The van der Waals surface area contributed by atoms with Crippen molar-refractivity contribution in [1.82, 2.24) is 4.57 Å². The van der Waals surface area contributed by atoms with E-state index >= 15 is 0 Å². The smallest absolute Gasteiger partial charge is 0.339 e. The van der Waals surface area contributed by atoms with Crippen LogP contribution in [-0.2, 0) is 11.3 Å². The fourth-order valence-electron chi connectivity index (χ4n) is 2.03. The highest BCUT2D eigenvalue weighted by atomic mass is 35.5. The van der Waals surface area contributed by atoms with Gasteiger partial charge in [-0.25, -0.2) is 4.79 Å². The number of ether oxygens (including phenoxy) is 2. The summed E-state index contributed by atoms with van der Waals surface area (Å²) < 4.78 is 11.9. The zero-order chi connectivity index (χ0) is 14.0. The molecule has 0 fully saturated rings. The van der Waals surface area contributed by atoms with Crippen molar-refractivity contribution in [3.05, 3.63) is 28.9 Å². The van der Waals surface area contributed by atoms with Gasteiger partial charge in [0.05, 0.1) is 19.2 Å². The van der Waals surface area contributed by atoms with Crippen LogP contribution in [-0.4, -0.2) is 36.5 Å². The number of hydrogen-bond donors (Lipinski definition) is 1. The maximum atomic E-state index is 11.4. The van der Waals surface area contributed by atoms with Crippen LogP contribution in [0.15, 0.2) is 18.2 Å². The highest BCUT2D eigenvalue weighted by molar-refractivity contribution is 6.35. The Hall–Kier alpha value is -1.72. The summed E-state index contributed by atoms with van der Waals surface area (Å²) in [5, 5.41) is 10.1. The number of aromatic carboxylic acids is 1. The number of rotatable bonds is 5. The predicted octanol–water partition coefficient (Wildman–Crippen LogP) is 2.65. The van der Waals surface area contributed by atoms with Crippen molar-refractivity contribution in [2.45, 2.75) is 6.54 Å². The Labute approximate surface area is 115 Å². The first-order chi connectivity index (χ1) is 9.10. The molecule has 0 bridgehead atoms. The topological polar surface area (TPSA) is 60.7 Å². The van der Waals surface area contributed by atoms with E-state index in [1.54, 1.807) is 29.9 Å². The molecular weight excluding hydrogens is 270 g/mol. The Morgan fingerprint density at radius 1 is 1.42 bits per heavy atom. The molecule has 1 N–H and O–H groups in total. The third kappa shape index (κ3) is 2.39. The van der Waals surface area contributed by atoms with E-state index in [2.05, 4.69) is 0 Å². The average molecular weight is 284 g/mol. The van der Waals surface area contributed by atoms with Crippen LogP contribution in [0.4, 0.5) is 0 Å². The van der Waals surface area contributed by atoms with Crippen LogP contribution in [0.2, 0.25) is 5.15 Å². The molecule has 1 aromatic heterocycles. The number of carboxylic acid groups (broad SMARTS) is 1. The number of benzene rings is 1. The molecule has 5 nitrogen and oxygen atoms in total. The summed E-state index contributed by atoms with van der Waals surface area (Å²) >= 11 is 6.16. The molecule has 0 saturated heterocycles. The molecule has 2 rings (SSSR count). The maximum absolute atomic E-state index is 11.4. The van der Waals surface area contributed by atoms with Gasteiger partial charge in [-0.2, -0.15) is 0 Å². The van der Waals surface area contributed by atoms with Crippen molar-refractivity contribution < 1.29 is 19.4 Å². The Morgan fingerprint density at radius 2 is 2.16 bits per heavy atom. The van der Waals surface area contributed by atoms with E-state index in [0.29, 0.717) is 24.3 Å². The Morgan fingerprint density at radius 3 is 2.74 bits per heavy atom. The third-order valence-electron chi connectivity index (χ3n) is 2.94. The molecule has 0 spiro atoms. The predicted molar refractivity (Wildman–Crippen MR) is 72.3 cm³/mol. The van der Waals surface area contributed by atoms with Crippen LogP contribution in [0, 0.1) is 0 Å². The molecule has 2 aromatic rings. The fourth-order valence-corrected chi connectivity index (χ4v) is 2.39. The molecule has 19 heavy (non-hydrogen) atoms. The van der Waals surface area contributed by atoms with Crippen LogP contribution in [0.25, 0.3) is 10.9 Å². The molecule has 0 radical (unpaired) electrons. The van der Waals surface area contributed by atoms with Crippen LogP contribution in [0.5, 0.6) is 5.75 Å². The summed E-state index contributed by atoms with van der Waals surface area (Å²) in [4.78, 5) is 11.4. The Bertz CT molecular complexity index is 621. The van der Waals surface area contributed by atoms with Gasteiger partial charge in [0, 0.05) is 19.0 Å². The number of nitrogens with zero attached hydrogens (tertiary/aromatic N) is 1. The van der Waals surface area contributed by atoms with Gasteiger partial charge in [-0.05, 0) is 18.2 Å². The first kappa shape index (κ1) is 13.7. The maximum Gasteiger partial charge on any atom is 0.339 e. The van der Waals surface area contributed by atoms with E-state index in [9.17, 15) is 9.90 Å². The molecule has 0 aliphatic heterocycles. The Balaban J connectivity index is 2.68. The van der Waals surface area contributed by atoms with Crippen LogP contribution in [0.1, 0.15) is 10.4 Å². The molecule has 0 saturated carbocycles. The van der Waals surface area contributed by atoms with Gasteiger partial charge in [0.25, 0.3) is 0 Å². The summed E-state index contributed by atoms with van der Waals surface area (Å²) in [5.74, 6) is -0.463. The van der Waals surface area contributed by atoms with E-state index in [-0.39, 0.29) is 10.7 Å². The van der Waals surface area contributed by atoms with Gasteiger partial charge in [-0.15, -0.1) is 0 Å². The second kappa shape index (κ2) is 5.50. The summed E-state index contributed by atoms with van der Waals surface area (Å²) in [5.41, 5.74) is 0.840. The van der Waals surface area contributed by atoms with Crippen molar-refractivity contribution in [1.29, 1.82) is 0 Å². The lowest BCUT2D eigenvalue weighted by Crippen LogP contribution is -2.05. The Kier molecular flexibility index (Phi) is 3.97. The SMILES string of the molecule is COCCn1c(Cl)c(C(=O)O)c2cc(OC)ccc21. The summed E-state index contributed by atoms with van der Waals surface area (Å²) in [6.45, 7) is 0.944. The minimum Gasteiger partial charge on any atom is -0.497 e. The minimum absolute atomic E-state index is 0.0895. The molecule has 102 valence electrons. The number of aromatic nitrogens is 1. The standard InChI is InChI=1S/C13H14ClNO4/c1-18-6-5-15-10-4-3-8(19-2)7-9(10)11(12(15)14)13(16)17/h3-4,7H,5-6H2,1-2H3,(H,16,17). The van der Waals surface area contributed by atoms with Gasteiger partial charge in [0.1, 0.15) is 16.5 Å². The molecule has 6 heteroatoms. The van der Waals surface area contributed by atoms with Crippen LogP contribution >= 0.6 is 11.6 Å². The molecule has 1 aromatic carbocycles.